The van der Waals surface area contributed by atoms with Crippen LogP contribution in [0.2, 0.25) is 0 Å². The van der Waals surface area contributed by atoms with Gasteiger partial charge in [0.05, 0.1) is 11.4 Å². The molecule has 0 spiro atoms. The number of urea groups is 1. The van der Waals surface area contributed by atoms with E-state index in [0.717, 1.165) is 21.8 Å². The van der Waals surface area contributed by atoms with Crippen LogP contribution in [0.25, 0.3) is 10.6 Å². The molecule has 0 fully saturated rings. The zero-order valence-corrected chi connectivity index (χ0v) is 15.5. The molecule has 3 aromatic rings. The van der Waals surface area contributed by atoms with Gasteiger partial charge in [0.1, 0.15) is 12.3 Å². The third kappa shape index (κ3) is 4.80. The maximum atomic E-state index is 11.9. The first kappa shape index (κ1) is 17.9. The Morgan fingerprint density at radius 3 is 2.69 bits per heavy atom. The molecule has 7 heteroatoms. The van der Waals surface area contributed by atoms with Gasteiger partial charge in [-0.1, -0.05) is 12.1 Å². The number of hydrogen-bond acceptors (Lipinski definition) is 5. The number of thiophene rings is 1. The molecule has 0 unspecified atom stereocenters. The topological polar surface area (TPSA) is 76.1 Å². The van der Waals surface area contributed by atoms with E-state index in [-0.39, 0.29) is 6.03 Å². The molecule has 2 amide bonds. The van der Waals surface area contributed by atoms with Gasteiger partial charge in [-0.15, -0.1) is 21.5 Å². The SMILES string of the molecule is Cc1ccc(NC(=O)NCCOc2ccc(-c3cccs3)nn2)cc1C. The molecule has 2 aromatic heterocycles. The minimum absolute atomic E-state index is 0.268. The smallest absolute Gasteiger partial charge is 0.319 e. The van der Waals surface area contributed by atoms with Crippen molar-refractivity contribution in [3.05, 3.63) is 59.0 Å². The lowest BCUT2D eigenvalue weighted by Crippen LogP contribution is -2.32. The molecule has 6 nitrogen and oxygen atoms in total. The van der Waals surface area contributed by atoms with Crippen molar-refractivity contribution in [3.63, 3.8) is 0 Å². The molecule has 1 aromatic carbocycles. The maximum Gasteiger partial charge on any atom is 0.319 e. The van der Waals surface area contributed by atoms with Crippen LogP contribution in [0.5, 0.6) is 5.88 Å². The molecule has 2 N–H and O–H groups in total. The number of aromatic nitrogens is 2. The number of nitrogens with zero attached hydrogens (tertiary/aromatic N) is 2. The third-order valence-electron chi connectivity index (χ3n) is 3.82. The van der Waals surface area contributed by atoms with E-state index in [0.29, 0.717) is 19.0 Å². The molecule has 26 heavy (non-hydrogen) atoms. The summed E-state index contributed by atoms with van der Waals surface area (Å²) in [6.07, 6.45) is 0. The van der Waals surface area contributed by atoms with E-state index in [9.17, 15) is 4.79 Å². The van der Waals surface area contributed by atoms with E-state index in [2.05, 4.69) is 20.8 Å². The fourth-order valence-corrected chi connectivity index (χ4v) is 2.96. The number of rotatable bonds is 6. The number of hydrogen-bond donors (Lipinski definition) is 2. The van der Waals surface area contributed by atoms with E-state index in [1.54, 1.807) is 17.4 Å². The molecule has 0 bridgehead atoms. The van der Waals surface area contributed by atoms with E-state index < -0.39 is 0 Å². The lowest BCUT2D eigenvalue weighted by atomic mass is 10.1. The Bertz CT molecular complexity index is 864. The lowest BCUT2D eigenvalue weighted by molar-refractivity contribution is 0.246. The van der Waals surface area contributed by atoms with Gasteiger partial charge in [-0.3, -0.25) is 0 Å². The summed E-state index contributed by atoms with van der Waals surface area (Å²) in [6, 6.07) is 13.1. The summed E-state index contributed by atoms with van der Waals surface area (Å²) in [5.41, 5.74) is 3.91. The van der Waals surface area contributed by atoms with E-state index in [1.807, 2.05) is 55.6 Å². The van der Waals surface area contributed by atoms with Crippen LogP contribution in [0.3, 0.4) is 0 Å². The van der Waals surface area contributed by atoms with E-state index >= 15 is 0 Å². The summed E-state index contributed by atoms with van der Waals surface area (Å²) in [5.74, 6) is 0.432. The second-order valence-corrected chi connectivity index (χ2v) is 6.71. The van der Waals surface area contributed by atoms with Crippen LogP contribution in [0.1, 0.15) is 11.1 Å². The third-order valence-corrected chi connectivity index (χ3v) is 4.71. The minimum atomic E-state index is -0.268. The molecule has 0 saturated carbocycles. The summed E-state index contributed by atoms with van der Waals surface area (Å²) in [4.78, 5) is 13.0. The molecule has 0 saturated heterocycles. The first-order valence-electron chi connectivity index (χ1n) is 8.24. The zero-order chi connectivity index (χ0) is 18.4. The Balaban J connectivity index is 1.40. The summed E-state index contributed by atoms with van der Waals surface area (Å²) in [7, 11) is 0. The molecular formula is C19H20N4O2S. The van der Waals surface area contributed by atoms with Gasteiger partial charge in [-0.2, -0.15) is 0 Å². The Hall–Kier alpha value is -2.93. The van der Waals surface area contributed by atoms with Gasteiger partial charge in [0.25, 0.3) is 0 Å². The highest BCUT2D eigenvalue weighted by Crippen LogP contribution is 2.22. The lowest BCUT2D eigenvalue weighted by Gasteiger charge is -2.10. The van der Waals surface area contributed by atoms with Crippen LogP contribution < -0.4 is 15.4 Å². The van der Waals surface area contributed by atoms with Crippen molar-refractivity contribution in [1.29, 1.82) is 0 Å². The number of nitrogens with one attached hydrogen (secondary N) is 2. The van der Waals surface area contributed by atoms with Crippen LogP contribution in [-0.2, 0) is 0 Å². The first-order chi connectivity index (χ1) is 12.6. The van der Waals surface area contributed by atoms with Crippen LogP contribution in [0, 0.1) is 13.8 Å². The van der Waals surface area contributed by atoms with Crippen molar-refractivity contribution in [1.82, 2.24) is 15.5 Å². The van der Waals surface area contributed by atoms with Crippen molar-refractivity contribution in [2.45, 2.75) is 13.8 Å². The summed E-state index contributed by atoms with van der Waals surface area (Å²) in [6.45, 7) is 4.72. The van der Waals surface area contributed by atoms with Crippen molar-refractivity contribution in [2.75, 3.05) is 18.5 Å². The second kappa shape index (κ2) is 8.44. The standard InChI is InChI=1S/C19H20N4O2S/c1-13-5-6-15(12-14(13)2)21-19(24)20-9-10-25-18-8-7-16(22-23-18)17-4-3-11-26-17/h3-8,11-12H,9-10H2,1-2H3,(H2,20,21,24). The van der Waals surface area contributed by atoms with Crippen molar-refractivity contribution in [2.24, 2.45) is 0 Å². The van der Waals surface area contributed by atoms with Crippen molar-refractivity contribution >= 4 is 23.1 Å². The highest BCUT2D eigenvalue weighted by atomic mass is 32.1. The van der Waals surface area contributed by atoms with Crippen LogP contribution in [0.15, 0.2) is 47.8 Å². The highest BCUT2D eigenvalue weighted by molar-refractivity contribution is 7.13. The van der Waals surface area contributed by atoms with E-state index in [1.165, 1.54) is 5.56 Å². The molecular weight excluding hydrogens is 348 g/mol. The molecule has 3 rings (SSSR count). The molecule has 0 aliphatic rings. The average molecular weight is 368 g/mol. The Morgan fingerprint density at radius 2 is 2.00 bits per heavy atom. The van der Waals surface area contributed by atoms with Crippen LogP contribution in [0.4, 0.5) is 10.5 Å². The van der Waals surface area contributed by atoms with Gasteiger partial charge in [0.15, 0.2) is 0 Å². The maximum absolute atomic E-state index is 11.9. The fraction of sp³-hybridized carbons (Fsp3) is 0.211. The normalized spacial score (nSPS) is 10.4. The summed E-state index contributed by atoms with van der Waals surface area (Å²) < 4.78 is 5.50. The van der Waals surface area contributed by atoms with Crippen LogP contribution >= 0.6 is 11.3 Å². The quantitative estimate of drug-likeness (QED) is 0.644. The fourth-order valence-electron chi connectivity index (χ4n) is 2.27. The number of ether oxygens (including phenoxy) is 1. The number of benzene rings is 1. The molecule has 0 aliphatic carbocycles. The average Bonchev–Trinajstić information content (AvgIpc) is 3.17. The van der Waals surface area contributed by atoms with Crippen molar-refractivity contribution < 1.29 is 9.53 Å². The predicted octanol–water partition coefficient (Wildman–Crippen LogP) is 4.02. The summed E-state index contributed by atoms with van der Waals surface area (Å²) in [5, 5.41) is 15.7. The molecule has 0 aliphatic heterocycles. The predicted molar refractivity (Wildman–Crippen MR) is 104 cm³/mol. The highest BCUT2D eigenvalue weighted by Gasteiger charge is 2.04. The van der Waals surface area contributed by atoms with Gasteiger partial charge >= 0.3 is 6.03 Å². The van der Waals surface area contributed by atoms with E-state index in [4.69, 9.17) is 4.74 Å². The minimum Gasteiger partial charge on any atom is -0.475 e. The van der Waals surface area contributed by atoms with Crippen LogP contribution in [-0.4, -0.2) is 29.4 Å². The second-order valence-electron chi connectivity index (χ2n) is 5.76. The number of carbonyl (C=O) groups is 1. The van der Waals surface area contributed by atoms with Gasteiger partial charge in [-0.05, 0) is 54.6 Å². The summed E-state index contributed by atoms with van der Waals surface area (Å²) >= 11 is 1.61. The molecule has 0 radical (unpaired) electrons. The Kier molecular flexibility index (Phi) is 5.80. The Labute approximate surface area is 156 Å². The van der Waals surface area contributed by atoms with Gasteiger partial charge in [0, 0.05) is 11.8 Å². The number of aryl methyl sites for hydroxylation is 2. The zero-order valence-electron chi connectivity index (χ0n) is 14.7. The molecule has 0 atom stereocenters. The largest absolute Gasteiger partial charge is 0.475 e. The van der Waals surface area contributed by atoms with Gasteiger partial charge < -0.3 is 15.4 Å². The first-order valence-corrected chi connectivity index (χ1v) is 9.12. The number of anilines is 1. The monoisotopic (exact) mass is 368 g/mol. The number of carbonyl (C=O) groups excluding carboxylic acids is 1. The molecule has 2 heterocycles. The molecule has 134 valence electrons. The van der Waals surface area contributed by atoms with Gasteiger partial charge in [0.2, 0.25) is 5.88 Å². The number of amides is 2. The van der Waals surface area contributed by atoms with Crippen molar-refractivity contribution in [3.8, 4) is 16.5 Å². The van der Waals surface area contributed by atoms with Gasteiger partial charge in [-0.25, -0.2) is 4.79 Å². The Morgan fingerprint density at radius 1 is 1.12 bits per heavy atom.